The molecule has 0 atom stereocenters. The maximum atomic E-state index is 5.61. The van der Waals surface area contributed by atoms with E-state index in [1.807, 2.05) is 49.4 Å². The lowest BCUT2D eigenvalue weighted by atomic mass is 10.1. The second-order valence-corrected chi connectivity index (χ2v) is 4.44. The van der Waals surface area contributed by atoms with Crippen molar-refractivity contribution >= 4 is 5.69 Å². The normalized spacial score (nSPS) is 10.0. The molecule has 0 aliphatic rings. The van der Waals surface area contributed by atoms with Crippen molar-refractivity contribution in [3.05, 3.63) is 48.0 Å². The molecule has 0 aliphatic heterocycles. The van der Waals surface area contributed by atoms with Crippen molar-refractivity contribution in [2.24, 2.45) is 0 Å². The molecular weight excluding hydrogens is 266 g/mol. The summed E-state index contributed by atoms with van der Waals surface area (Å²) >= 11 is 0. The lowest BCUT2D eigenvalue weighted by Gasteiger charge is -2.15. The fourth-order valence-electron chi connectivity index (χ4n) is 2.18. The third-order valence-electron chi connectivity index (χ3n) is 3.14. The van der Waals surface area contributed by atoms with Gasteiger partial charge in [-0.15, -0.1) is 0 Å². The largest absolute Gasteiger partial charge is 0.493 e. The van der Waals surface area contributed by atoms with E-state index in [1.165, 1.54) is 0 Å². The molecule has 2 aromatic rings. The van der Waals surface area contributed by atoms with E-state index in [9.17, 15) is 0 Å². The number of benzene rings is 2. The monoisotopic (exact) mass is 287 g/mol. The van der Waals surface area contributed by atoms with Gasteiger partial charge >= 0.3 is 0 Å². The van der Waals surface area contributed by atoms with E-state index >= 15 is 0 Å². The number of hydrogen-bond donors (Lipinski definition) is 1. The summed E-state index contributed by atoms with van der Waals surface area (Å²) in [4.78, 5) is 0. The molecule has 4 heteroatoms. The van der Waals surface area contributed by atoms with Gasteiger partial charge in [0.05, 0.1) is 26.5 Å². The van der Waals surface area contributed by atoms with Gasteiger partial charge in [0.15, 0.2) is 11.5 Å². The molecule has 2 aromatic carbocycles. The van der Waals surface area contributed by atoms with Gasteiger partial charge in [-0.3, -0.25) is 0 Å². The van der Waals surface area contributed by atoms with Crippen LogP contribution in [0.4, 0.5) is 5.69 Å². The van der Waals surface area contributed by atoms with Crippen LogP contribution in [0.5, 0.6) is 17.2 Å². The minimum absolute atomic E-state index is 0.629. The van der Waals surface area contributed by atoms with Gasteiger partial charge < -0.3 is 19.5 Å². The van der Waals surface area contributed by atoms with E-state index in [0.29, 0.717) is 13.2 Å². The highest BCUT2D eigenvalue weighted by Crippen LogP contribution is 2.32. The highest BCUT2D eigenvalue weighted by Gasteiger charge is 2.10. The summed E-state index contributed by atoms with van der Waals surface area (Å²) in [6.45, 7) is 3.24. The number of nitrogens with one attached hydrogen (secondary N) is 1. The number of anilines is 1. The lowest BCUT2D eigenvalue weighted by Crippen LogP contribution is -2.04. The summed E-state index contributed by atoms with van der Waals surface area (Å²) in [5, 5.41) is 3.38. The molecule has 0 radical (unpaired) electrons. The Bertz CT molecular complexity index is 584. The maximum Gasteiger partial charge on any atom is 0.165 e. The number of para-hydroxylation sites is 3. The smallest absolute Gasteiger partial charge is 0.165 e. The molecule has 0 fully saturated rings. The molecule has 0 saturated heterocycles. The number of hydrogen-bond acceptors (Lipinski definition) is 4. The summed E-state index contributed by atoms with van der Waals surface area (Å²) in [7, 11) is 3.29. The Balaban J connectivity index is 2.17. The van der Waals surface area contributed by atoms with E-state index in [-0.39, 0.29) is 0 Å². The van der Waals surface area contributed by atoms with E-state index in [1.54, 1.807) is 14.2 Å². The molecule has 0 spiro atoms. The first-order valence-corrected chi connectivity index (χ1v) is 6.95. The topological polar surface area (TPSA) is 39.7 Å². The molecule has 112 valence electrons. The molecule has 4 nitrogen and oxygen atoms in total. The Labute approximate surface area is 125 Å². The highest BCUT2D eigenvalue weighted by molar-refractivity contribution is 5.57. The van der Waals surface area contributed by atoms with Gasteiger partial charge in [-0.2, -0.15) is 0 Å². The van der Waals surface area contributed by atoms with Gasteiger partial charge in [-0.25, -0.2) is 0 Å². The first-order chi connectivity index (χ1) is 10.3. The molecule has 2 rings (SSSR count). The quantitative estimate of drug-likeness (QED) is 0.842. The average Bonchev–Trinajstić information content (AvgIpc) is 2.53. The zero-order valence-electron chi connectivity index (χ0n) is 12.7. The predicted octanol–water partition coefficient (Wildman–Crippen LogP) is 3.71. The molecule has 0 saturated carbocycles. The summed E-state index contributed by atoms with van der Waals surface area (Å²) in [5.41, 5.74) is 1.99. The van der Waals surface area contributed by atoms with Gasteiger partial charge in [0.2, 0.25) is 0 Å². The predicted molar refractivity (Wildman–Crippen MR) is 84.5 cm³/mol. The maximum absolute atomic E-state index is 5.61. The van der Waals surface area contributed by atoms with E-state index in [2.05, 4.69) is 5.32 Å². The Morgan fingerprint density at radius 2 is 1.67 bits per heavy atom. The molecule has 0 heterocycles. The summed E-state index contributed by atoms with van der Waals surface area (Å²) in [6.07, 6.45) is 0. The second kappa shape index (κ2) is 7.43. The van der Waals surface area contributed by atoms with Crippen LogP contribution in [0.25, 0.3) is 0 Å². The third kappa shape index (κ3) is 3.60. The average molecular weight is 287 g/mol. The SMILES string of the molecule is CCOc1ccccc1NCc1cccc(OC)c1OC. The van der Waals surface area contributed by atoms with Crippen molar-refractivity contribution in [3.63, 3.8) is 0 Å². The minimum Gasteiger partial charge on any atom is -0.493 e. The summed E-state index contributed by atoms with van der Waals surface area (Å²) < 4.78 is 16.4. The van der Waals surface area contributed by atoms with Crippen molar-refractivity contribution in [2.45, 2.75) is 13.5 Å². The van der Waals surface area contributed by atoms with Crippen molar-refractivity contribution in [2.75, 3.05) is 26.1 Å². The van der Waals surface area contributed by atoms with Gasteiger partial charge in [0.25, 0.3) is 0 Å². The third-order valence-corrected chi connectivity index (χ3v) is 3.14. The number of methoxy groups -OCH3 is 2. The van der Waals surface area contributed by atoms with Crippen LogP contribution in [-0.2, 0) is 6.54 Å². The highest BCUT2D eigenvalue weighted by atomic mass is 16.5. The molecule has 21 heavy (non-hydrogen) atoms. The Kier molecular flexibility index (Phi) is 5.32. The van der Waals surface area contributed by atoms with Crippen LogP contribution in [0.15, 0.2) is 42.5 Å². The fraction of sp³-hybridized carbons (Fsp3) is 0.294. The molecule has 0 unspecified atom stereocenters. The molecule has 1 N–H and O–H groups in total. The molecule has 0 bridgehead atoms. The van der Waals surface area contributed by atoms with Crippen LogP contribution in [0.2, 0.25) is 0 Å². The van der Waals surface area contributed by atoms with E-state index in [0.717, 1.165) is 28.5 Å². The van der Waals surface area contributed by atoms with Crippen LogP contribution in [0.3, 0.4) is 0 Å². The first-order valence-electron chi connectivity index (χ1n) is 6.95. The molecule has 0 amide bonds. The van der Waals surface area contributed by atoms with Gasteiger partial charge in [0, 0.05) is 12.1 Å². The molecule has 0 aliphatic carbocycles. The number of ether oxygens (including phenoxy) is 3. The van der Waals surface area contributed by atoms with Crippen molar-refractivity contribution in [1.82, 2.24) is 0 Å². The van der Waals surface area contributed by atoms with Crippen molar-refractivity contribution in [3.8, 4) is 17.2 Å². The van der Waals surface area contributed by atoms with Crippen LogP contribution < -0.4 is 19.5 Å². The Morgan fingerprint density at radius 3 is 2.38 bits per heavy atom. The van der Waals surface area contributed by atoms with Crippen LogP contribution in [-0.4, -0.2) is 20.8 Å². The van der Waals surface area contributed by atoms with E-state index in [4.69, 9.17) is 14.2 Å². The second-order valence-electron chi connectivity index (χ2n) is 4.44. The molecular formula is C17H21NO3. The van der Waals surface area contributed by atoms with Crippen molar-refractivity contribution in [1.29, 1.82) is 0 Å². The zero-order valence-corrected chi connectivity index (χ0v) is 12.7. The zero-order chi connectivity index (χ0) is 15.1. The summed E-state index contributed by atoms with van der Waals surface area (Å²) in [6, 6.07) is 13.7. The lowest BCUT2D eigenvalue weighted by molar-refractivity contribution is 0.341. The Hall–Kier alpha value is -2.36. The first kappa shape index (κ1) is 15.0. The van der Waals surface area contributed by atoms with E-state index < -0.39 is 0 Å². The van der Waals surface area contributed by atoms with Gasteiger partial charge in [0.1, 0.15) is 5.75 Å². The van der Waals surface area contributed by atoms with Crippen LogP contribution in [0, 0.1) is 0 Å². The minimum atomic E-state index is 0.629. The van der Waals surface area contributed by atoms with Crippen LogP contribution >= 0.6 is 0 Å². The molecule has 0 aromatic heterocycles. The van der Waals surface area contributed by atoms with Gasteiger partial charge in [-0.05, 0) is 25.1 Å². The fourth-order valence-corrected chi connectivity index (χ4v) is 2.18. The standard InChI is InChI=1S/C17H21NO3/c1-4-21-15-10-6-5-9-14(15)18-12-13-8-7-11-16(19-2)17(13)20-3/h5-11,18H,4,12H2,1-3H3. The summed E-state index contributed by atoms with van der Waals surface area (Å²) in [5.74, 6) is 2.33. The van der Waals surface area contributed by atoms with Gasteiger partial charge in [-0.1, -0.05) is 24.3 Å². The Morgan fingerprint density at radius 1 is 0.905 bits per heavy atom. The number of rotatable bonds is 7. The van der Waals surface area contributed by atoms with Crippen LogP contribution in [0.1, 0.15) is 12.5 Å². The van der Waals surface area contributed by atoms with Crippen molar-refractivity contribution < 1.29 is 14.2 Å².